The third-order valence-corrected chi connectivity index (χ3v) is 4.92. The molecule has 1 saturated heterocycles. The van der Waals surface area contributed by atoms with Crippen molar-refractivity contribution in [3.8, 4) is 0 Å². The number of hydrogen-bond donors (Lipinski definition) is 1. The molecule has 6 nitrogen and oxygen atoms in total. The molecule has 0 spiro atoms. The van der Waals surface area contributed by atoms with Crippen LogP contribution in [-0.4, -0.2) is 40.6 Å². The molecule has 2 aromatic rings. The van der Waals surface area contributed by atoms with Gasteiger partial charge in [0.1, 0.15) is 5.60 Å². The summed E-state index contributed by atoms with van der Waals surface area (Å²) in [7, 11) is 0. The minimum Gasteiger partial charge on any atom is -0.444 e. The number of anilines is 1. The summed E-state index contributed by atoms with van der Waals surface area (Å²) in [5, 5.41) is 3.91. The van der Waals surface area contributed by atoms with Crippen LogP contribution >= 0.6 is 15.9 Å². The summed E-state index contributed by atoms with van der Waals surface area (Å²) in [6, 6.07) is 7.75. The number of fused-ring (bicyclic) bond motifs is 1. The maximum Gasteiger partial charge on any atom is 0.410 e. The van der Waals surface area contributed by atoms with E-state index < -0.39 is 5.60 Å². The van der Waals surface area contributed by atoms with Crippen molar-refractivity contribution in [1.29, 1.82) is 0 Å². The van der Waals surface area contributed by atoms with Crippen LogP contribution in [0.3, 0.4) is 0 Å². The van der Waals surface area contributed by atoms with E-state index in [9.17, 15) is 9.59 Å². The molecule has 2 heterocycles. The highest BCUT2D eigenvalue weighted by molar-refractivity contribution is 9.10. The lowest BCUT2D eigenvalue weighted by Crippen LogP contribution is -2.43. The maximum atomic E-state index is 12.6. The normalized spacial score (nSPS) is 15.6. The molecule has 0 aliphatic carbocycles. The van der Waals surface area contributed by atoms with Gasteiger partial charge in [0.25, 0.3) is 0 Å². The topological polar surface area (TPSA) is 71.5 Å². The average molecular weight is 434 g/mol. The lowest BCUT2D eigenvalue weighted by atomic mass is 9.96. The van der Waals surface area contributed by atoms with Crippen LogP contribution in [-0.2, 0) is 9.53 Å². The third-order valence-electron chi connectivity index (χ3n) is 4.43. The third kappa shape index (κ3) is 5.19. The van der Waals surface area contributed by atoms with Crippen molar-refractivity contribution in [3.05, 3.63) is 34.9 Å². The Morgan fingerprint density at radius 3 is 2.59 bits per heavy atom. The average Bonchev–Trinajstić information content (AvgIpc) is 2.60. The summed E-state index contributed by atoms with van der Waals surface area (Å²) in [6.07, 6.45) is 2.60. The number of carbonyl (C=O) groups is 2. The number of rotatable bonds is 2. The van der Waals surface area contributed by atoms with E-state index in [2.05, 4.69) is 26.2 Å². The van der Waals surface area contributed by atoms with Crippen molar-refractivity contribution < 1.29 is 14.3 Å². The zero-order chi connectivity index (χ0) is 19.6. The van der Waals surface area contributed by atoms with Crippen LogP contribution in [0.15, 0.2) is 34.9 Å². The smallest absolute Gasteiger partial charge is 0.410 e. The van der Waals surface area contributed by atoms with E-state index in [0.29, 0.717) is 31.6 Å². The Balaban J connectivity index is 1.57. The highest BCUT2D eigenvalue weighted by atomic mass is 79.9. The zero-order valence-electron chi connectivity index (χ0n) is 15.8. The van der Waals surface area contributed by atoms with Gasteiger partial charge in [0.15, 0.2) is 0 Å². The van der Waals surface area contributed by atoms with Crippen molar-refractivity contribution in [1.82, 2.24) is 9.88 Å². The number of halogens is 1. The monoisotopic (exact) mass is 433 g/mol. The molecule has 7 heteroatoms. The Morgan fingerprint density at radius 1 is 1.22 bits per heavy atom. The largest absolute Gasteiger partial charge is 0.444 e. The van der Waals surface area contributed by atoms with Crippen molar-refractivity contribution in [2.75, 3.05) is 18.4 Å². The lowest BCUT2D eigenvalue weighted by molar-refractivity contribution is -0.121. The molecule has 27 heavy (non-hydrogen) atoms. The Hall–Kier alpha value is -2.15. The summed E-state index contributed by atoms with van der Waals surface area (Å²) in [5.41, 5.74) is 1.05. The first kappa shape index (κ1) is 19.6. The fourth-order valence-electron chi connectivity index (χ4n) is 3.07. The second kappa shape index (κ2) is 7.84. The summed E-state index contributed by atoms with van der Waals surface area (Å²) in [4.78, 5) is 30.8. The Labute approximate surface area is 167 Å². The molecule has 1 aromatic heterocycles. The van der Waals surface area contributed by atoms with Gasteiger partial charge in [0.05, 0.1) is 17.4 Å². The van der Waals surface area contributed by atoms with Crippen LogP contribution < -0.4 is 5.32 Å². The number of ether oxygens (including phenoxy) is 1. The molecule has 1 N–H and O–H groups in total. The number of hydrogen-bond acceptors (Lipinski definition) is 4. The van der Waals surface area contributed by atoms with Crippen LogP contribution in [0.5, 0.6) is 0 Å². The summed E-state index contributed by atoms with van der Waals surface area (Å²) < 4.78 is 6.36. The number of aromatic nitrogens is 1. The van der Waals surface area contributed by atoms with E-state index >= 15 is 0 Å². The number of pyridine rings is 1. The fourth-order valence-corrected chi connectivity index (χ4v) is 3.44. The van der Waals surface area contributed by atoms with E-state index in [1.807, 2.05) is 45.0 Å². The van der Waals surface area contributed by atoms with Gasteiger partial charge in [-0.25, -0.2) is 4.79 Å². The van der Waals surface area contributed by atoms with E-state index in [0.717, 1.165) is 15.4 Å². The number of benzene rings is 1. The number of nitrogens with zero attached hydrogens (tertiary/aromatic N) is 2. The van der Waals surface area contributed by atoms with Gasteiger partial charge in [-0.15, -0.1) is 0 Å². The van der Waals surface area contributed by atoms with Gasteiger partial charge in [-0.3, -0.25) is 9.78 Å². The predicted molar refractivity (Wildman–Crippen MR) is 109 cm³/mol. The highest BCUT2D eigenvalue weighted by Gasteiger charge is 2.30. The molecule has 0 saturated carbocycles. The van der Waals surface area contributed by atoms with Gasteiger partial charge in [-0.05, 0) is 57.9 Å². The summed E-state index contributed by atoms with van der Waals surface area (Å²) in [5.74, 6) is -0.156. The minimum absolute atomic E-state index is 0.0324. The quantitative estimate of drug-likeness (QED) is 0.751. The Morgan fingerprint density at radius 2 is 1.93 bits per heavy atom. The SMILES string of the molecule is CC(C)(C)OC(=O)N1CCC(C(=O)Nc2cnc3ccc(Br)cc3c2)CC1. The molecule has 0 bridgehead atoms. The van der Waals surface area contributed by atoms with Gasteiger partial charge in [0, 0.05) is 28.9 Å². The standard InChI is InChI=1S/C20H24BrN3O3/c1-20(2,3)27-19(26)24-8-6-13(7-9-24)18(25)23-16-11-14-10-15(21)4-5-17(14)22-12-16/h4-5,10-13H,6-9H2,1-3H3,(H,23,25). The number of amides is 2. The van der Waals surface area contributed by atoms with Gasteiger partial charge in [-0.2, -0.15) is 0 Å². The molecule has 0 atom stereocenters. The lowest BCUT2D eigenvalue weighted by Gasteiger charge is -2.32. The van der Waals surface area contributed by atoms with Crippen LogP contribution in [0.25, 0.3) is 10.9 Å². The van der Waals surface area contributed by atoms with E-state index in [-0.39, 0.29) is 17.9 Å². The molecule has 1 fully saturated rings. The highest BCUT2D eigenvalue weighted by Crippen LogP contribution is 2.24. The molecule has 2 amide bonds. The van der Waals surface area contributed by atoms with Gasteiger partial charge in [0.2, 0.25) is 5.91 Å². The first-order valence-corrected chi connectivity index (χ1v) is 9.85. The Kier molecular flexibility index (Phi) is 5.69. The molecular formula is C20H24BrN3O3. The van der Waals surface area contributed by atoms with Crippen LogP contribution in [0.1, 0.15) is 33.6 Å². The van der Waals surface area contributed by atoms with Crippen LogP contribution in [0.2, 0.25) is 0 Å². The van der Waals surface area contributed by atoms with Gasteiger partial charge in [-0.1, -0.05) is 15.9 Å². The van der Waals surface area contributed by atoms with E-state index in [4.69, 9.17) is 4.74 Å². The molecule has 144 valence electrons. The molecule has 0 radical (unpaired) electrons. The first-order valence-electron chi connectivity index (χ1n) is 9.05. The molecule has 1 aliphatic heterocycles. The first-order chi connectivity index (χ1) is 12.7. The fraction of sp³-hybridized carbons (Fsp3) is 0.450. The van der Waals surface area contributed by atoms with Crippen molar-refractivity contribution >= 4 is 44.5 Å². The van der Waals surface area contributed by atoms with Crippen LogP contribution in [0, 0.1) is 5.92 Å². The van der Waals surface area contributed by atoms with Crippen LogP contribution in [0.4, 0.5) is 10.5 Å². The van der Waals surface area contributed by atoms with E-state index in [1.165, 1.54) is 0 Å². The molecule has 0 unspecified atom stereocenters. The van der Waals surface area contributed by atoms with Crippen molar-refractivity contribution in [2.45, 2.75) is 39.2 Å². The number of carbonyl (C=O) groups excluding carboxylic acids is 2. The number of piperidine rings is 1. The molecule has 3 rings (SSSR count). The zero-order valence-corrected chi connectivity index (χ0v) is 17.4. The predicted octanol–water partition coefficient (Wildman–Crippen LogP) is 4.58. The second-order valence-corrected chi connectivity index (χ2v) is 8.71. The number of nitrogens with one attached hydrogen (secondary N) is 1. The Bertz CT molecular complexity index is 855. The second-order valence-electron chi connectivity index (χ2n) is 7.79. The molecular weight excluding hydrogens is 410 g/mol. The summed E-state index contributed by atoms with van der Waals surface area (Å²) >= 11 is 3.45. The van der Waals surface area contributed by atoms with Crippen molar-refractivity contribution in [3.63, 3.8) is 0 Å². The van der Waals surface area contributed by atoms with Gasteiger partial charge >= 0.3 is 6.09 Å². The molecule has 1 aliphatic rings. The number of likely N-dealkylation sites (tertiary alicyclic amines) is 1. The summed E-state index contributed by atoms with van der Waals surface area (Å²) in [6.45, 7) is 6.59. The molecule has 1 aromatic carbocycles. The van der Waals surface area contributed by atoms with E-state index in [1.54, 1.807) is 11.1 Å². The minimum atomic E-state index is -0.511. The van der Waals surface area contributed by atoms with Gasteiger partial charge < -0.3 is 15.0 Å². The maximum absolute atomic E-state index is 12.6. The van der Waals surface area contributed by atoms with Crippen molar-refractivity contribution in [2.24, 2.45) is 5.92 Å².